The summed E-state index contributed by atoms with van der Waals surface area (Å²) in [6, 6.07) is 0. The molecule has 0 bridgehead atoms. The van der Waals surface area contributed by atoms with E-state index < -0.39 is 12.1 Å². The number of nitrogens with one attached hydrogen (secondary N) is 1. The van der Waals surface area contributed by atoms with Gasteiger partial charge in [-0.1, -0.05) is 35.9 Å². The smallest absolute Gasteiger partial charge is 0.376 e. The van der Waals surface area contributed by atoms with E-state index >= 15 is 0 Å². The van der Waals surface area contributed by atoms with E-state index in [1.165, 1.54) is 0 Å². The van der Waals surface area contributed by atoms with Crippen molar-refractivity contribution in [3.05, 3.63) is 0 Å². The third-order valence-electron chi connectivity index (χ3n) is 1.30. The van der Waals surface area contributed by atoms with Gasteiger partial charge in [-0.05, 0) is 6.42 Å². The Morgan fingerprint density at radius 3 is 2.57 bits per heavy atom. The average molecular weight is 364 g/mol. The molecule has 0 heterocycles. The second-order valence-corrected chi connectivity index (χ2v) is 3.56. The zero-order chi connectivity index (χ0) is 10.1. The number of halogens is 1. The van der Waals surface area contributed by atoms with E-state index in [4.69, 9.17) is 0 Å². The van der Waals surface area contributed by atoms with Crippen molar-refractivity contribution in [2.24, 2.45) is 0 Å². The number of hydrogen-bond donors (Lipinski definition) is 1. The number of rotatable bonds is 5. The van der Waals surface area contributed by atoms with Crippen LogP contribution in [0, 0.1) is 0 Å². The molecule has 0 aliphatic carbocycles. The number of alkyl carbamates (subject to hydrolysis) is 1. The molecule has 0 aliphatic heterocycles. The van der Waals surface area contributed by atoms with Gasteiger partial charge in [0.05, 0.1) is 6.42 Å². The van der Waals surface area contributed by atoms with Crippen LogP contribution in [0.1, 0.15) is 26.2 Å². The summed E-state index contributed by atoms with van der Waals surface area (Å²) < 4.78 is 5.11. The quantitative estimate of drug-likeness (QED) is 0.202. The van der Waals surface area contributed by atoms with Gasteiger partial charge in [-0.2, -0.15) is 0 Å². The van der Waals surface area contributed by atoms with E-state index in [9.17, 15) is 9.59 Å². The first kappa shape index (κ1) is 16.7. The van der Waals surface area contributed by atoms with E-state index in [0.717, 1.165) is 12.8 Å². The molecule has 0 spiro atoms. The van der Waals surface area contributed by atoms with Crippen molar-refractivity contribution >= 4 is 34.7 Å². The number of esters is 1. The number of alkyl halides is 1. The zero-order valence-electron chi connectivity index (χ0n) is 8.35. The average Bonchev–Trinajstić information content (AvgIpc) is 2.05. The van der Waals surface area contributed by atoms with Gasteiger partial charge in [0, 0.05) is 30.5 Å². The second-order valence-electron chi connectivity index (χ2n) is 2.48. The Morgan fingerprint density at radius 1 is 1.43 bits per heavy atom. The van der Waals surface area contributed by atoms with Crippen LogP contribution in [0.5, 0.6) is 0 Å². The molecule has 4 nitrogen and oxygen atoms in total. The normalized spacial score (nSPS) is 8.71. The molecule has 0 aromatic heterocycles. The minimum Gasteiger partial charge on any atom is -0.376 e. The Kier molecular flexibility index (Phi) is 13.6. The fraction of sp³-hybridized carbons (Fsp3) is 0.750. The summed E-state index contributed by atoms with van der Waals surface area (Å²) >= 11 is 2.05. The van der Waals surface area contributed by atoms with Crippen LogP contribution in [0.25, 0.3) is 0 Å². The predicted octanol–water partition coefficient (Wildman–Crippen LogP) is 1.86. The fourth-order valence-electron chi connectivity index (χ4n) is 0.635. The minimum absolute atomic E-state index is 0. The number of hydrogen-bond acceptors (Lipinski definition) is 3. The monoisotopic (exact) mass is 363 g/mol. The van der Waals surface area contributed by atoms with Crippen molar-refractivity contribution < 1.29 is 33.8 Å². The Bertz CT molecular complexity index is 178. The summed E-state index contributed by atoms with van der Waals surface area (Å²) in [6.07, 6.45) is 1.54. The van der Waals surface area contributed by atoms with E-state index in [2.05, 4.69) is 32.6 Å². The van der Waals surface area contributed by atoms with Crippen molar-refractivity contribution in [2.75, 3.05) is 11.0 Å². The van der Waals surface area contributed by atoms with Gasteiger partial charge in [0.25, 0.3) is 0 Å². The molecule has 0 radical (unpaired) electrons. The number of amides is 1. The van der Waals surface area contributed by atoms with E-state index in [-0.39, 0.29) is 25.9 Å². The minimum atomic E-state index is -0.636. The summed E-state index contributed by atoms with van der Waals surface area (Å²) in [7, 11) is 0. The molecule has 0 rings (SSSR count). The molecule has 0 aliphatic rings. The molecule has 0 fully saturated rings. The van der Waals surface area contributed by atoms with Crippen LogP contribution >= 0.6 is 22.6 Å². The van der Waals surface area contributed by atoms with E-state index in [1.54, 1.807) is 0 Å². The Morgan fingerprint density at radius 2 is 2.07 bits per heavy atom. The van der Waals surface area contributed by atoms with Gasteiger partial charge in [0.1, 0.15) is 0 Å². The molecule has 0 unspecified atom stereocenters. The summed E-state index contributed by atoms with van der Waals surface area (Å²) in [4.78, 5) is 21.6. The number of ether oxygens (including phenoxy) is 1. The molecule has 6 heteroatoms. The van der Waals surface area contributed by atoms with Gasteiger partial charge in [-0.15, -0.1) is 0 Å². The SMILES string of the molecule is CCCCNC(=O)OC(=O)CCI.[Zn]. The Hall–Kier alpha value is 0.293. The molecule has 14 heavy (non-hydrogen) atoms. The van der Waals surface area contributed by atoms with Crippen molar-refractivity contribution in [1.29, 1.82) is 0 Å². The molecule has 78 valence electrons. The largest absolute Gasteiger partial charge is 0.414 e. The Balaban J connectivity index is 0. The molecule has 1 N–H and O–H groups in total. The molecule has 1 amide bonds. The van der Waals surface area contributed by atoms with Crippen molar-refractivity contribution in [3.63, 3.8) is 0 Å². The fourth-order valence-corrected chi connectivity index (χ4v) is 1.08. The molecule has 0 saturated heterocycles. The summed E-state index contributed by atoms with van der Waals surface area (Å²) in [6.45, 7) is 2.58. The van der Waals surface area contributed by atoms with Crippen molar-refractivity contribution in [3.8, 4) is 0 Å². The standard InChI is InChI=1S/C8H14INO3.Zn/c1-2-3-6-10-8(12)13-7(11)4-5-9;/h2-6H2,1H3,(H,10,12);. The first-order valence-electron chi connectivity index (χ1n) is 4.25. The van der Waals surface area contributed by atoms with Crippen LogP contribution in [0.4, 0.5) is 4.79 Å². The van der Waals surface area contributed by atoms with E-state index in [1.807, 2.05) is 6.92 Å². The van der Waals surface area contributed by atoms with Crippen LogP contribution < -0.4 is 5.32 Å². The zero-order valence-corrected chi connectivity index (χ0v) is 13.5. The van der Waals surface area contributed by atoms with Crippen LogP contribution in [0.3, 0.4) is 0 Å². The number of unbranched alkanes of at least 4 members (excludes halogenated alkanes) is 1. The maximum Gasteiger partial charge on any atom is 0.414 e. The summed E-state index contributed by atoms with van der Waals surface area (Å²) in [5.74, 6) is -0.469. The second kappa shape index (κ2) is 11.4. The van der Waals surface area contributed by atoms with Crippen LogP contribution in [-0.2, 0) is 29.0 Å². The van der Waals surface area contributed by atoms with Gasteiger partial charge in [0.2, 0.25) is 0 Å². The summed E-state index contributed by atoms with van der Waals surface area (Å²) in [5.41, 5.74) is 0. The number of carbonyl (C=O) groups is 2. The van der Waals surface area contributed by atoms with Gasteiger partial charge < -0.3 is 10.1 Å². The maximum atomic E-state index is 10.8. The van der Waals surface area contributed by atoms with Gasteiger partial charge in [-0.3, -0.25) is 4.79 Å². The van der Waals surface area contributed by atoms with Crippen molar-refractivity contribution in [1.82, 2.24) is 5.32 Å². The molecule has 0 saturated carbocycles. The molecular weight excluding hydrogens is 350 g/mol. The van der Waals surface area contributed by atoms with Crippen LogP contribution in [-0.4, -0.2) is 23.0 Å². The van der Waals surface area contributed by atoms with Crippen molar-refractivity contribution in [2.45, 2.75) is 26.2 Å². The molecule has 0 atom stereocenters. The van der Waals surface area contributed by atoms with Gasteiger partial charge >= 0.3 is 12.1 Å². The Labute approximate surface area is 110 Å². The predicted molar refractivity (Wildman–Crippen MR) is 57.9 cm³/mol. The van der Waals surface area contributed by atoms with E-state index in [0.29, 0.717) is 11.0 Å². The molecular formula is C8H14INO3Zn. The van der Waals surface area contributed by atoms with Gasteiger partial charge in [0.15, 0.2) is 0 Å². The topological polar surface area (TPSA) is 55.4 Å². The number of carbonyl (C=O) groups excluding carboxylic acids is 2. The third-order valence-corrected chi connectivity index (χ3v) is 1.84. The molecule has 0 aromatic rings. The first-order valence-corrected chi connectivity index (χ1v) is 5.77. The molecule has 0 aromatic carbocycles. The third kappa shape index (κ3) is 10.4. The van der Waals surface area contributed by atoms with Gasteiger partial charge in [-0.25, -0.2) is 4.79 Å². The van der Waals surface area contributed by atoms with Crippen LogP contribution in [0.15, 0.2) is 0 Å². The van der Waals surface area contributed by atoms with Crippen LogP contribution in [0.2, 0.25) is 0 Å². The summed E-state index contributed by atoms with van der Waals surface area (Å²) in [5, 5.41) is 2.49. The first-order chi connectivity index (χ1) is 6.20. The maximum absolute atomic E-state index is 10.8.